The molecule has 3 heterocycles. The molecule has 1 aliphatic heterocycles. The van der Waals surface area contributed by atoms with Gasteiger partial charge in [0.2, 0.25) is 0 Å². The summed E-state index contributed by atoms with van der Waals surface area (Å²) in [6, 6.07) is 14.9. The van der Waals surface area contributed by atoms with Crippen molar-refractivity contribution in [3.05, 3.63) is 107 Å². The first kappa shape index (κ1) is 28.1. The first-order valence-corrected chi connectivity index (χ1v) is 13.9. The lowest BCUT2D eigenvalue weighted by molar-refractivity contribution is -0.139. The van der Waals surface area contributed by atoms with Crippen LogP contribution >= 0.6 is 22.9 Å². The zero-order valence-electron chi connectivity index (χ0n) is 22.7. The highest BCUT2D eigenvalue weighted by molar-refractivity contribution is 7.07. The molecule has 210 valence electrons. The number of ether oxygens (including phenoxy) is 1. The van der Waals surface area contributed by atoms with Crippen LogP contribution < -0.4 is 19.8 Å². The number of benzene rings is 2. The number of thiazole rings is 1. The number of hydrogen-bond donors (Lipinski definition) is 1. The maximum Gasteiger partial charge on any atom is 0.338 e. The smallest absolute Gasteiger partial charge is 0.338 e. The molecule has 11 heteroatoms. The second-order valence-corrected chi connectivity index (χ2v) is 10.9. The van der Waals surface area contributed by atoms with E-state index in [9.17, 15) is 19.5 Å². The molecule has 0 saturated carbocycles. The largest absolute Gasteiger partial charge is 0.478 e. The second-order valence-electron chi connectivity index (χ2n) is 9.49. The summed E-state index contributed by atoms with van der Waals surface area (Å²) in [5.74, 6) is -0.856. The minimum absolute atomic E-state index is 0.0400. The van der Waals surface area contributed by atoms with Crippen LogP contribution in [0.3, 0.4) is 0 Å². The molecule has 1 N–H and O–H groups in total. The summed E-state index contributed by atoms with van der Waals surface area (Å²) in [4.78, 5) is 45.4. The molecule has 0 amide bonds. The lowest BCUT2D eigenvalue weighted by Gasteiger charge is -2.25. The number of carbonyl (C=O) groups excluding carboxylic acids is 1. The summed E-state index contributed by atoms with van der Waals surface area (Å²) in [7, 11) is 3.87. The molecule has 2 aromatic heterocycles. The Kier molecular flexibility index (Phi) is 7.70. The molecule has 0 fully saturated rings. The molecule has 9 nitrogen and oxygen atoms in total. The molecule has 1 aliphatic rings. The quantitative estimate of drug-likeness (QED) is 0.315. The number of allylic oxidation sites excluding steroid dienone is 1. The van der Waals surface area contributed by atoms with Crippen molar-refractivity contribution in [3.8, 4) is 11.3 Å². The van der Waals surface area contributed by atoms with Gasteiger partial charge in [0.15, 0.2) is 4.80 Å². The van der Waals surface area contributed by atoms with Gasteiger partial charge in [0.25, 0.3) is 5.56 Å². The molecule has 0 saturated heterocycles. The van der Waals surface area contributed by atoms with Crippen molar-refractivity contribution in [2.24, 2.45) is 4.99 Å². The Balaban J connectivity index is 1.61. The van der Waals surface area contributed by atoms with E-state index in [1.165, 1.54) is 28.0 Å². The Labute approximate surface area is 243 Å². The Hall–Kier alpha value is -4.41. The molecular formula is C30H26ClN3O6S. The summed E-state index contributed by atoms with van der Waals surface area (Å²) in [5, 5.41) is 9.51. The monoisotopic (exact) mass is 591 g/mol. The van der Waals surface area contributed by atoms with Gasteiger partial charge in [-0.05, 0) is 61.9 Å². The molecule has 0 radical (unpaired) electrons. The number of fused-ring (bicyclic) bond motifs is 1. The minimum atomic E-state index is -1.15. The molecule has 4 aromatic rings. The zero-order valence-corrected chi connectivity index (χ0v) is 24.2. The van der Waals surface area contributed by atoms with Gasteiger partial charge in [0.05, 0.1) is 39.0 Å². The van der Waals surface area contributed by atoms with Crippen molar-refractivity contribution in [2.75, 3.05) is 25.6 Å². The van der Waals surface area contributed by atoms with E-state index in [4.69, 9.17) is 20.8 Å². The van der Waals surface area contributed by atoms with Crippen molar-refractivity contribution in [1.29, 1.82) is 0 Å². The number of carboxylic acids is 1. The topological polar surface area (TPSA) is 114 Å². The van der Waals surface area contributed by atoms with Crippen molar-refractivity contribution < 1.29 is 23.8 Å². The van der Waals surface area contributed by atoms with Crippen LogP contribution in [0.1, 0.15) is 41.6 Å². The predicted molar refractivity (Wildman–Crippen MR) is 157 cm³/mol. The number of nitrogens with zero attached hydrogens (tertiary/aromatic N) is 3. The van der Waals surface area contributed by atoms with Crippen LogP contribution in [0.2, 0.25) is 5.02 Å². The van der Waals surface area contributed by atoms with Gasteiger partial charge in [-0.25, -0.2) is 14.6 Å². The van der Waals surface area contributed by atoms with E-state index in [0.29, 0.717) is 37.7 Å². The van der Waals surface area contributed by atoms with Gasteiger partial charge in [-0.15, -0.1) is 0 Å². The number of carbonyl (C=O) groups is 2. The molecule has 0 spiro atoms. The number of furan rings is 1. The van der Waals surface area contributed by atoms with Crippen LogP contribution in [-0.2, 0) is 9.53 Å². The number of esters is 1. The number of aromatic nitrogens is 1. The van der Waals surface area contributed by atoms with Crippen LogP contribution in [-0.4, -0.2) is 42.3 Å². The number of aromatic carboxylic acids is 1. The molecule has 1 atom stereocenters. The van der Waals surface area contributed by atoms with Crippen LogP contribution in [0.15, 0.2) is 80.1 Å². The highest BCUT2D eigenvalue weighted by atomic mass is 35.5. The van der Waals surface area contributed by atoms with Crippen LogP contribution in [0.5, 0.6) is 0 Å². The number of hydrogen-bond acceptors (Lipinski definition) is 8. The highest BCUT2D eigenvalue weighted by Gasteiger charge is 2.33. The van der Waals surface area contributed by atoms with Gasteiger partial charge in [0.1, 0.15) is 11.5 Å². The van der Waals surface area contributed by atoms with E-state index in [2.05, 4.69) is 4.99 Å². The van der Waals surface area contributed by atoms with E-state index >= 15 is 0 Å². The average molecular weight is 592 g/mol. The van der Waals surface area contributed by atoms with Crippen molar-refractivity contribution in [3.63, 3.8) is 0 Å². The molecule has 5 rings (SSSR count). The minimum Gasteiger partial charge on any atom is -0.478 e. The van der Waals surface area contributed by atoms with Gasteiger partial charge in [-0.2, -0.15) is 0 Å². The maximum absolute atomic E-state index is 13.8. The first-order chi connectivity index (χ1) is 19.6. The Morgan fingerprint density at radius 1 is 1.17 bits per heavy atom. The van der Waals surface area contributed by atoms with Gasteiger partial charge in [-0.3, -0.25) is 9.36 Å². The standard InChI is InChI=1S/C30H26ClN3O6S/c1-5-39-29(38)25-16(2)32-30-34(26(25)17-6-9-19(10-7-17)33(3)4)27(35)24(41-30)15-20-11-13-23(40-20)18-8-12-22(31)21(14-18)28(36)37/h6-15,26H,5H2,1-4H3,(H,36,37)/b24-15-. The van der Waals surface area contributed by atoms with Gasteiger partial charge < -0.3 is 19.2 Å². The molecule has 41 heavy (non-hydrogen) atoms. The van der Waals surface area contributed by atoms with E-state index < -0.39 is 18.0 Å². The third kappa shape index (κ3) is 5.36. The van der Waals surface area contributed by atoms with E-state index in [1.807, 2.05) is 43.3 Å². The summed E-state index contributed by atoms with van der Waals surface area (Å²) in [6.07, 6.45) is 1.61. The predicted octanol–water partition coefficient (Wildman–Crippen LogP) is 4.48. The zero-order chi connectivity index (χ0) is 29.4. The summed E-state index contributed by atoms with van der Waals surface area (Å²) in [5.41, 5.74) is 2.67. The van der Waals surface area contributed by atoms with E-state index in [0.717, 1.165) is 11.3 Å². The summed E-state index contributed by atoms with van der Waals surface area (Å²) in [6.45, 7) is 3.66. The number of carboxylic acid groups (broad SMARTS) is 1. The Morgan fingerprint density at radius 2 is 1.90 bits per heavy atom. The fraction of sp³-hybridized carbons (Fsp3) is 0.200. The number of rotatable bonds is 7. The lowest BCUT2D eigenvalue weighted by Crippen LogP contribution is -2.39. The maximum atomic E-state index is 13.8. The summed E-state index contributed by atoms with van der Waals surface area (Å²) >= 11 is 7.18. The molecular weight excluding hydrogens is 566 g/mol. The Morgan fingerprint density at radius 3 is 2.56 bits per heavy atom. The third-order valence-corrected chi connectivity index (χ3v) is 7.94. The molecule has 0 bridgehead atoms. The molecule has 0 aliphatic carbocycles. The van der Waals surface area contributed by atoms with E-state index in [1.54, 1.807) is 38.1 Å². The number of anilines is 1. The SMILES string of the molecule is CCOC(=O)C1=C(C)N=c2s/c(=C\c3ccc(-c4ccc(Cl)c(C(=O)O)c4)o3)c(=O)n2C1c1ccc(N(C)C)cc1. The van der Waals surface area contributed by atoms with Gasteiger partial charge in [-0.1, -0.05) is 35.1 Å². The third-order valence-electron chi connectivity index (χ3n) is 6.62. The van der Waals surface area contributed by atoms with Gasteiger partial charge >= 0.3 is 11.9 Å². The fourth-order valence-corrected chi connectivity index (χ4v) is 5.84. The average Bonchev–Trinajstić information content (AvgIpc) is 3.52. The normalized spacial score (nSPS) is 15.0. The highest BCUT2D eigenvalue weighted by Crippen LogP contribution is 2.32. The second kappa shape index (κ2) is 11.2. The van der Waals surface area contributed by atoms with Crippen LogP contribution in [0.25, 0.3) is 17.4 Å². The Bertz CT molecular complexity index is 1880. The lowest BCUT2D eigenvalue weighted by atomic mass is 9.95. The van der Waals surface area contributed by atoms with Crippen LogP contribution in [0.4, 0.5) is 5.69 Å². The number of halogens is 1. The molecule has 2 aromatic carbocycles. The van der Waals surface area contributed by atoms with E-state index in [-0.39, 0.29) is 22.8 Å². The fourth-order valence-electron chi connectivity index (χ4n) is 4.62. The van der Waals surface area contributed by atoms with Crippen molar-refractivity contribution in [2.45, 2.75) is 19.9 Å². The van der Waals surface area contributed by atoms with Crippen molar-refractivity contribution >= 4 is 46.6 Å². The van der Waals surface area contributed by atoms with Crippen LogP contribution in [0, 0.1) is 0 Å². The van der Waals surface area contributed by atoms with Gasteiger partial charge in [0, 0.05) is 31.4 Å². The first-order valence-electron chi connectivity index (χ1n) is 12.7. The summed E-state index contributed by atoms with van der Waals surface area (Å²) < 4.78 is 13.2. The van der Waals surface area contributed by atoms with Crippen molar-refractivity contribution in [1.82, 2.24) is 4.57 Å². The molecule has 1 unspecified atom stereocenters.